The van der Waals surface area contributed by atoms with Crippen molar-refractivity contribution in [3.05, 3.63) is 18.5 Å². The molecule has 0 saturated carbocycles. The van der Waals surface area contributed by atoms with Gasteiger partial charge in [-0.05, 0) is 6.07 Å². The Hall–Kier alpha value is -2.23. The molecule has 1 aliphatic rings. The molecule has 0 bridgehead atoms. The second-order valence-electron chi connectivity index (χ2n) is 4.56. The minimum Gasteiger partial charge on any atom is -0.481 e. The molecule has 1 aromatic heterocycles. The van der Waals surface area contributed by atoms with Crippen molar-refractivity contribution < 1.29 is 23.1 Å². The van der Waals surface area contributed by atoms with Crippen molar-refractivity contribution in [1.82, 2.24) is 14.9 Å². The van der Waals surface area contributed by atoms with Gasteiger partial charge in [-0.1, -0.05) is 0 Å². The maximum absolute atomic E-state index is 12.1. The molecule has 0 radical (unpaired) electrons. The van der Waals surface area contributed by atoms with Crippen LogP contribution in [0.15, 0.2) is 18.5 Å². The van der Waals surface area contributed by atoms with E-state index in [1.165, 1.54) is 17.3 Å². The molecule has 1 saturated heterocycles. The van der Waals surface area contributed by atoms with Crippen LogP contribution in [0.5, 0.6) is 0 Å². The molecular formula is C11H14N4O5S. The largest absolute Gasteiger partial charge is 0.481 e. The van der Waals surface area contributed by atoms with Crippen LogP contribution in [-0.4, -0.2) is 64.5 Å². The molecule has 0 spiro atoms. The van der Waals surface area contributed by atoms with Crippen molar-refractivity contribution in [3.8, 4) is 0 Å². The normalized spacial score (nSPS) is 20.8. The number of carboxylic acid groups (broad SMARTS) is 1. The zero-order valence-corrected chi connectivity index (χ0v) is 11.8. The summed E-state index contributed by atoms with van der Waals surface area (Å²) in [6.07, 6.45) is 2.46. The first kappa shape index (κ1) is 15.2. The molecule has 1 atom stereocenters. The van der Waals surface area contributed by atoms with Gasteiger partial charge in [0.2, 0.25) is 5.95 Å². The molecule has 1 aliphatic heterocycles. The van der Waals surface area contributed by atoms with Crippen LogP contribution in [0.2, 0.25) is 0 Å². The third-order valence-corrected chi connectivity index (χ3v) is 4.68. The number of carboxylic acids is 1. The van der Waals surface area contributed by atoms with Crippen molar-refractivity contribution in [2.24, 2.45) is 0 Å². The molecule has 10 heteroatoms. The highest BCUT2D eigenvalue weighted by Crippen LogP contribution is 2.16. The number of aromatic nitrogens is 2. The number of carbonyl (C=O) groups is 2. The molecule has 1 fully saturated rings. The van der Waals surface area contributed by atoms with Crippen molar-refractivity contribution in [2.75, 3.05) is 23.4 Å². The Morgan fingerprint density at radius 3 is 2.67 bits per heavy atom. The second kappa shape index (κ2) is 6.04. The Morgan fingerprint density at radius 1 is 1.38 bits per heavy atom. The summed E-state index contributed by atoms with van der Waals surface area (Å²) in [6, 6.07) is 0.0726. The van der Waals surface area contributed by atoms with E-state index < -0.39 is 34.3 Å². The van der Waals surface area contributed by atoms with Crippen LogP contribution in [0.25, 0.3) is 0 Å². The molecular weight excluding hydrogens is 300 g/mol. The van der Waals surface area contributed by atoms with Crippen molar-refractivity contribution >= 4 is 27.8 Å². The fraction of sp³-hybridized carbons (Fsp3) is 0.455. The van der Waals surface area contributed by atoms with Crippen LogP contribution < -0.4 is 5.32 Å². The van der Waals surface area contributed by atoms with Crippen LogP contribution in [-0.2, 0) is 14.6 Å². The smallest absolute Gasteiger partial charge is 0.324 e. The van der Waals surface area contributed by atoms with Crippen molar-refractivity contribution in [2.45, 2.75) is 12.5 Å². The van der Waals surface area contributed by atoms with Gasteiger partial charge in [0.1, 0.15) is 0 Å². The van der Waals surface area contributed by atoms with Gasteiger partial charge in [0.25, 0.3) is 0 Å². The first-order valence-electron chi connectivity index (χ1n) is 6.14. The van der Waals surface area contributed by atoms with E-state index in [0.717, 1.165) is 0 Å². The number of rotatable bonds is 3. The van der Waals surface area contributed by atoms with Gasteiger partial charge in [-0.3, -0.25) is 10.1 Å². The number of hydrogen-bond donors (Lipinski definition) is 2. The maximum Gasteiger partial charge on any atom is 0.324 e. The highest BCUT2D eigenvalue weighted by Gasteiger charge is 2.35. The van der Waals surface area contributed by atoms with Crippen LogP contribution in [0, 0.1) is 0 Å². The van der Waals surface area contributed by atoms with Crippen LogP contribution in [0.3, 0.4) is 0 Å². The lowest BCUT2D eigenvalue weighted by molar-refractivity contribution is -0.137. The summed E-state index contributed by atoms with van der Waals surface area (Å²) in [7, 11) is -3.33. The predicted molar refractivity (Wildman–Crippen MR) is 72.5 cm³/mol. The molecule has 21 heavy (non-hydrogen) atoms. The number of urea groups is 1. The summed E-state index contributed by atoms with van der Waals surface area (Å²) in [4.78, 5) is 31.8. The van der Waals surface area contributed by atoms with E-state index >= 15 is 0 Å². The summed E-state index contributed by atoms with van der Waals surface area (Å²) in [6.45, 7) is -0.0566. The number of nitrogens with zero attached hydrogens (tertiary/aromatic N) is 3. The van der Waals surface area contributed by atoms with Gasteiger partial charge in [0.15, 0.2) is 9.84 Å². The van der Waals surface area contributed by atoms with Crippen LogP contribution in [0.4, 0.5) is 10.7 Å². The Balaban J connectivity index is 2.11. The number of amides is 2. The Bertz CT molecular complexity index is 633. The van der Waals surface area contributed by atoms with E-state index in [1.54, 1.807) is 6.07 Å². The lowest BCUT2D eigenvalue weighted by Gasteiger charge is -2.34. The zero-order chi connectivity index (χ0) is 15.5. The molecule has 2 N–H and O–H groups in total. The molecule has 1 aromatic rings. The van der Waals surface area contributed by atoms with Crippen LogP contribution >= 0.6 is 0 Å². The molecule has 0 aromatic carbocycles. The van der Waals surface area contributed by atoms with Gasteiger partial charge in [0.05, 0.1) is 24.0 Å². The summed E-state index contributed by atoms with van der Waals surface area (Å²) < 4.78 is 23.2. The minimum absolute atomic E-state index is 0.0566. The first-order valence-corrected chi connectivity index (χ1v) is 7.96. The number of nitrogens with one attached hydrogen (secondary N) is 1. The van der Waals surface area contributed by atoms with E-state index in [0.29, 0.717) is 0 Å². The number of anilines is 1. The number of hydrogen-bond acceptors (Lipinski definition) is 6. The monoisotopic (exact) mass is 314 g/mol. The van der Waals surface area contributed by atoms with Gasteiger partial charge >= 0.3 is 12.0 Å². The summed E-state index contributed by atoms with van der Waals surface area (Å²) in [5.74, 6) is -1.63. The average molecular weight is 314 g/mol. The topological polar surface area (TPSA) is 130 Å². The number of carbonyl (C=O) groups excluding carboxylic acids is 1. The summed E-state index contributed by atoms with van der Waals surface area (Å²) in [5, 5.41) is 11.3. The van der Waals surface area contributed by atoms with Gasteiger partial charge in [0, 0.05) is 18.9 Å². The standard InChI is InChI=1S/C11H14N4O5S/c16-9(17)6-8-7-21(19,20)5-4-15(8)11(18)14-10-12-2-1-3-13-10/h1-3,8H,4-7H2,(H,16,17)(H,12,13,14,18). The van der Waals surface area contributed by atoms with Gasteiger partial charge < -0.3 is 10.0 Å². The summed E-state index contributed by atoms with van der Waals surface area (Å²) in [5.41, 5.74) is 0. The van der Waals surface area contributed by atoms with Gasteiger partial charge in [-0.25, -0.2) is 23.2 Å². The number of sulfone groups is 1. The fourth-order valence-electron chi connectivity index (χ4n) is 2.06. The molecule has 2 amide bonds. The number of aliphatic carboxylic acids is 1. The molecule has 114 valence electrons. The first-order chi connectivity index (χ1) is 9.87. The van der Waals surface area contributed by atoms with Crippen LogP contribution in [0.1, 0.15) is 6.42 Å². The molecule has 0 aliphatic carbocycles. The van der Waals surface area contributed by atoms with Crippen molar-refractivity contribution in [3.63, 3.8) is 0 Å². The minimum atomic E-state index is -3.33. The van der Waals surface area contributed by atoms with E-state index in [4.69, 9.17) is 5.11 Å². The van der Waals surface area contributed by atoms with Crippen molar-refractivity contribution in [1.29, 1.82) is 0 Å². The Morgan fingerprint density at radius 2 is 2.05 bits per heavy atom. The lowest BCUT2D eigenvalue weighted by atomic mass is 10.2. The predicted octanol–water partition coefficient (Wildman–Crippen LogP) is -0.418. The molecule has 2 rings (SSSR count). The van der Waals surface area contributed by atoms with E-state index in [2.05, 4.69) is 15.3 Å². The third kappa shape index (κ3) is 4.12. The Labute approximate surface area is 120 Å². The zero-order valence-electron chi connectivity index (χ0n) is 11.0. The molecule has 9 nitrogen and oxygen atoms in total. The third-order valence-electron chi connectivity index (χ3n) is 2.99. The van der Waals surface area contributed by atoms with E-state index in [1.807, 2.05) is 0 Å². The quantitative estimate of drug-likeness (QED) is 0.775. The highest BCUT2D eigenvalue weighted by atomic mass is 32.2. The van der Waals surface area contributed by atoms with E-state index in [-0.39, 0.29) is 24.0 Å². The van der Waals surface area contributed by atoms with Gasteiger partial charge in [-0.2, -0.15) is 0 Å². The second-order valence-corrected chi connectivity index (χ2v) is 6.79. The maximum atomic E-state index is 12.1. The molecule has 1 unspecified atom stereocenters. The lowest BCUT2D eigenvalue weighted by Crippen LogP contribution is -2.53. The fourth-order valence-corrected chi connectivity index (χ4v) is 3.58. The van der Waals surface area contributed by atoms with Gasteiger partial charge in [-0.15, -0.1) is 0 Å². The average Bonchev–Trinajstić information content (AvgIpc) is 2.38. The SMILES string of the molecule is O=C(O)CC1CS(=O)(=O)CCN1C(=O)Nc1ncccn1. The van der Waals surface area contributed by atoms with E-state index in [9.17, 15) is 18.0 Å². The Kier molecular flexibility index (Phi) is 4.36. The molecule has 2 heterocycles. The summed E-state index contributed by atoms with van der Waals surface area (Å²) >= 11 is 0. The highest BCUT2D eigenvalue weighted by molar-refractivity contribution is 7.91.